The van der Waals surface area contributed by atoms with Crippen molar-refractivity contribution in [2.24, 2.45) is 0 Å². The number of ether oxygens (including phenoxy) is 1. The molecule has 0 saturated heterocycles. The molecule has 0 spiro atoms. The van der Waals surface area contributed by atoms with Crippen molar-refractivity contribution < 1.29 is 14.5 Å². The predicted octanol–water partition coefficient (Wildman–Crippen LogP) is 4.55. The molecular formula is C14H20BrNO4Si. The second-order valence-electron chi connectivity index (χ2n) is 6.09. The molecule has 0 aliphatic heterocycles. The van der Waals surface area contributed by atoms with Crippen molar-refractivity contribution in [3.63, 3.8) is 0 Å². The van der Waals surface area contributed by atoms with Crippen LogP contribution in [0, 0.1) is 10.1 Å². The number of nitro groups is 1. The number of hydrogen-bond donors (Lipinski definition) is 0. The summed E-state index contributed by atoms with van der Waals surface area (Å²) in [7, 11) is -1.27. The number of esters is 1. The lowest BCUT2D eigenvalue weighted by molar-refractivity contribution is -0.385. The molecule has 5 nitrogen and oxygen atoms in total. The van der Waals surface area contributed by atoms with Crippen molar-refractivity contribution in [1.82, 2.24) is 0 Å². The summed E-state index contributed by atoms with van der Waals surface area (Å²) < 4.78 is 5.20. The van der Waals surface area contributed by atoms with Gasteiger partial charge in [0.2, 0.25) is 0 Å². The van der Waals surface area contributed by atoms with Crippen molar-refractivity contribution in [3.8, 4) is 0 Å². The quantitative estimate of drug-likeness (QED) is 0.241. The summed E-state index contributed by atoms with van der Waals surface area (Å²) in [6, 6.07) is 5.31. The van der Waals surface area contributed by atoms with Gasteiger partial charge in [0.05, 0.1) is 17.1 Å². The van der Waals surface area contributed by atoms with Gasteiger partial charge in [0.25, 0.3) is 5.69 Å². The van der Waals surface area contributed by atoms with Crippen molar-refractivity contribution >= 4 is 35.7 Å². The highest BCUT2D eigenvalue weighted by molar-refractivity contribution is 9.09. The highest BCUT2D eigenvalue weighted by atomic mass is 79.9. The lowest BCUT2D eigenvalue weighted by atomic mass is 10.1. The first-order valence-corrected chi connectivity index (χ1v) is 11.3. The van der Waals surface area contributed by atoms with Gasteiger partial charge in [0, 0.05) is 24.5 Å². The number of carbonyl (C=O) groups excluding carboxylic acids is 1. The van der Waals surface area contributed by atoms with Crippen LogP contribution in [0.2, 0.25) is 25.7 Å². The molecule has 0 bridgehead atoms. The fraction of sp³-hybridized carbons (Fsp3) is 0.500. The van der Waals surface area contributed by atoms with Gasteiger partial charge < -0.3 is 4.74 Å². The standard InChI is InChI=1S/C14H20BrNO4Si/c1-10(15)12-6-5-11(9-13(12)16(18)19)14(17)20-7-8-21(2,3)4/h5-6,9-10H,7-8H2,1-4H3. The Bertz CT molecular complexity index is 540. The monoisotopic (exact) mass is 373 g/mol. The molecule has 1 atom stereocenters. The van der Waals surface area contributed by atoms with Gasteiger partial charge in [-0.05, 0) is 19.0 Å². The molecular weight excluding hydrogens is 354 g/mol. The van der Waals surface area contributed by atoms with Gasteiger partial charge in [-0.25, -0.2) is 4.79 Å². The van der Waals surface area contributed by atoms with Gasteiger partial charge in [0.1, 0.15) is 0 Å². The molecule has 0 aliphatic carbocycles. The van der Waals surface area contributed by atoms with E-state index in [9.17, 15) is 14.9 Å². The first-order valence-electron chi connectivity index (χ1n) is 6.71. The van der Waals surface area contributed by atoms with E-state index in [0.717, 1.165) is 6.04 Å². The summed E-state index contributed by atoms with van der Waals surface area (Å²) in [4.78, 5) is 22.4. The molecule has 7 heteroatoms. The zero-order valence-electron chi connectivity index (χ0n) is 12.7. The fourth-order valence-corrected chi connectivity index (χ4v) is 2.80. The van der Waals surface area contributed by atoms with Gasteiger partial charge >= 0.3 is 5.97 Å². The van der Waals surface area contributed by atoms with E-state index in [1.165, 1.54) is 6.07 Å². The number of halogens is 1. The number of rotatable bonds is 6. The van der Waals surface area contributed by atoms with Crippen LogP contribution in [0.25, 0.3) is 0 Å². The molecule has 0 fully saturated rings. The number of hydrogen-bond acceptors (Lipinski definition) is 4. The highest BCUT2D eigenvalue weighted by Gasteiger charge is 2.21. The van der Waals surface area contributed by atoms with Gasteiger partial charge in [-0.15, -0.1) is 0 Å². The third kappa shape index (κ3) is 5.59. The van der Waals surface area contributed by atoms with E-state index >= 15 is 0 Å². The van der Waals surface area contributed by atoms with Gasteiger partial charge in [0.15, 0.2) is 0 Å². The Kier molecular flexibility index (Phi) is 6.09. The van der Waals surface area contributed by atoms with Crippen molar-refractivity contribution in [2.75, 3.05) is 6.61 Å². The maximum atomic E-state index is 11.9. The Hall–Kier alpha value is -1.21. The average molecular weight is 374 g/mol. The second-order valence-corrected chi connectivity index (χ2v) is 13.1. The van der Waals surface area contributed by atoms with Gasteiger partial charge in [-0.1, -0.05) is 41.6 Å². The van der Waals surface area contributed by atoms with Crippen LogP contribution < -0.4 is 0 Å². The summed E-state index contributed by atoms with van der Waals surface area (Å²) >= 11 is 3.31. The third-order valence-corrected chi connectivity index (χ3v) is 5.17. The summed E-state index contributed by atoms with van der Waals surface area (Å²) in [5, 5.41) is 11.1. The van der Waals surface area contributed by atoms with E-state index in [4.69, 9.17) is 4.74 Å². The number of alkyl halides is 1. The maximum absolute atomic E-state index is 11.9. The molecule has 0 aliphatic rings. The van der Waals surface area contributed by atoms with Crippen LogP contribution in [0.15, 0.2) is 18.2 Å². The molecule has 1 rings (SSSR count). The number of benzene rings is 1. The SMILES string of the molecule is CC(Br)c1ccc(C(=O)OCC[Si](C)(C)C)cc1[N+](=O)[O-]. The highest BCUT2D eigenvalue weighted by Crippen LogP contribution is 2.31. The van der Waals surface area contributed by atoms with E-state index < -0.39 is 19.0 Å². The minimum Gasteiger partial charge on any atom is -0.462 e. The maximum Gasteiger partial charge on any atom is 0.338 e. The minimum absolute atomic E-state index is 0.0704. The molecule has 0 amide bonds. The smallest absolute Gasteiger partial charge is 0.338 e. The van der Waals surface area contributed by atoms with Gasteiger partial charge in [-0.2, -0.15) is 0 Å². The molecule has 0 heterocycles. The van der Waals surface area contributed by atoms with Crippen molar-refractivity contribution in [1.29, 1.82) is 0 Å². The second kappa shape index (κ2) is 7.17. The van der Waals surface area contributed by atoms with E-state index in [2.05, 4.69) is 35.6 Å². The topological polar surface area (TPSA) is 69.4 Å². The molecule has 0 N–H and O–H groups in total. The zero-order chi connectivity index (χ0) is 16.2. The van der Waals surface area contributed by atoms with Crippen LogP contribution in [-0.2, 0) is 4.74 Å². The van der Waals surface area contributed by atoms with E-state index in [1.807, 2.05) is 0 Å². The van der Waals surface area contributed by atoms with Crippen LogP contribution in [0.3, 0.4) is 0 Å². The predicted molar refractivity (Wildman–Crippen MR) is 88.9 cm³/mol. The first kappa shape index (κ1) is 17.8. The van der Waals surface area contributed by atoms with E-state index in [-0.39, 0.29) is 16.1 Å². The van der Waals surface area contributed by atoms with Crippen LogP contribution in [0.4, 0.5) is 5.69 Å². The Morgan fingerprint density at radius 2 is 2.05 bits per heavy atom. The molecule has 0 saturated carbocycles. The number of nitrogens with zero attached hydrogens (tertiary/aromatic N) is 1. The number of carbonyl (C=O) groups is 1. The largest absolute Gasteiger partial charge is 0.462 e. The van der Waals surface area contributed by atoms with Crippen LogP contribution in [-0.4, -0.2) is 25.6 Å². The van der Waals surface area contributed by atoms with E-state index in [0.29, 0.717) is 12.2 Å². The molecule has 1 unspecified atom stereocenters. The minimum atomic E-state index is -1.27. The van der Waals surface area contributed by atoms with Crippen LogP contribution in [0.5, 0.6) is 0 Å². The van der Waals surface area contributed by atoms with Crippen LogP contribution >= 0.6 is 15.9 Å². The lowest BCUT2D eigenvalue weighted by Crippen LogP contribution is -2.22. The average Bonchev–Trinajstić information content (AvgIpc) is 2.36. The Balaban J connectivity index is 2.86. The summed E-state index contributed by atoms with van der Waals surface area (Å²) in [6.07, 6.45) is 0. The van der Waals surface area contributed by atoms with Crippen LogP contribution in [0.1, 0.15) is 27.7 Å². The molecule has 116 valence electrons. The Morgan fingerprint density at radius 3 is 2.52 bits per heavy atom. The third-order valence-electron chi connectivity index (χ3n) is 2.98. The normalized spacial score (nSPS) is 12.8. The summed E-state index contributed by atoms with van der Waals surface area (Å²) in [5.74, 6) is -0.509. The molecule has 1 aromatic rings. The summed E-state index contributed by atoms with van der Waals surface area (Å²) in [5.41, 5.74) is 0.687. The van der Waals surface area contributed by atoms with Crippen molar-refractivity contribution in [3.05, 3.63) is 39.4 Å². The van der Waals surface area contributed by atoms with E-state index in [1.54, 1.807) is 19.1 Å². The molecule has 1 aromatic carbocycles. The Labute approximate surface area is 134 Å². The number of nitro benzene ring substituents is 1. The first-order chi connectivity index (χ1) is 9.61. The lowest BCUT2D eigenvalue weighted by Gasteiger charge is -2.15. The zero-order valence-corrected chi connectivity index (χ0v) is 15.3. The molecule has 0 radical (unpaired) electrons. The Morgan fingerprint density at radius 1 is 1.43 bits per heavy atom. The summed E-state index contributed by atoms with van der Waals surface area (Å²) in [6.45, 7) is 8.74. The fourth-order valence-electron chi connectivity index (χ4n) is 1.70. The van der Waals surface area contributed by atoms with Crippen molar-refractivity contribution in [2.45, 2.75) is 37.4 Å². The molecule has 21 heavy (non-hydrogen) atoms. The van der Waals surface area contributed by atoms with Gasteiger partial charge in [-0.3, -0.25) is 10.1 Å². The molecule has 0 aromatic heterocycles.